The van der Waals surface area contributed by atoms with Crippen LogP contribution >= 0.6 is 0 Å². The molecule has 3 aliphatic rings. The largest absolute Gasteiger partial charge is 0.508 e. The van der Waals surface area contributed by atoms with E-state index in [0.29, 0.717) is 0 Å². The van der Waals surface area contributed by atoms with Crippen LogP contribution in [-0.4, -0.2) is 82.5 Å². The van der Waals surface area contributed by atoms with Crippen molar-refractivity contribution >= 4 is 28.9 Å². The van der Waals surface area contributed by atoms with Crippen LogP contribution in [-0.2, 0) is 20.8 Å². The van der Waals surface area contributed by atoms with Gasteiger partial charge in [0.15, 0.2) is 11.4 Å². The zero-order valence-corrected chi connectivity index (χ0v) is 17.8. The third-order valence-electron chi connectivity index (χ3n) is 6.82. The molecule has 0 heterocycles. The standard InChI is InChI=1S/C23H27N3O7/c1-25(2)12-5-6-13(27)15-10(12)7-9-8-11-17(26(3)4)19(29)16(22(24)32)21(31)23(11,33)20(30)14(9)18(15)28/h5-6,9,11,17,27-28,31,33H,7-8H2,1-4H3,(H2,24,32)/t9-,11-,17-,23-/m0/s1/i1D3,2D3. The monoisotopic (exact) mass is 463 g/mol. The summed E-state index contributed by atoms with van der Waals surface area (Å²) in [4.78, 5) is 40.5. The van der Waals surface area contributed by atoms with Crippen LogP contribution in [0.5, 0.6) is 5.75 Å². The number of primary amides is 1. The van der Waals surface area contributed by atoms with E-state index in [9.17, 15) is 34.8 Å². The minimum atomic E-state index is -3.16. The average Bonchev–Trinajstić information content (AvgIpc) is 2.75. The quantitative estimate of drug-likeness (QED) is 0.389. The maximum Gasteiger partial charge on any atom is 0.255 e. The predicted molar refractivity (Wildman–Crippen MR) is 119 cm³/mol. The summed E-state index contributed by atoms with van der Waals surface area (Å²) in [5.41, 5.74) is 0.227. The van der Waals surface area contributed by atoms with E-state index < -0.39 is 88.9 Å². The lowest BCUT2D eigenvalue weighted by atomic mass is 9.57. The molecule has 0 spiro atoms. The minimum absolute atomic E-state index is 0.0760. The molecule has 10 heteroatoms. The number of ketones is 2. The number of anilines is 1. The summed E-state index contributed by atoms with van der Waals surface area (Å²) in [6.07, 6.45) is -0.497. The number of amides is 1. The van der Waals surface area contributed by atoms with Gasteiger partial charge in [-0.3, -0.25) is 19.3 Å². The molecule has 1 aromatic carbocycles. The van der Waals surface area contributed by atoms with E-state index in [1.54, 1.807) is 0 Å². The minimum Gasteiger partial charge on any atom is -0.508 e. The zero-order valence-electron chi connectivity index (χ0n) is 23.8. The number of hydrogen-bond acceptors (Lipinski definition) is 9. The maximum absolute atomic E-state index is 13.8. The van der Waals surface area contributed by atoms with Crippen molar-refractivity contribution in [3.05, 3.63) is 40.2 Å². The fourth-order valence-electron chi connectivity index (χ4n) is 5.44. The first kappa shape index (κ1) is 16.3. The van der Waals surface area contributed by atoms with Crippen LogP contribution in [0.4, 0.5) is 5.69 Å². The Hall–Kier alpha value is -3.37. The van der Waals surface area contributed by atoms with E-state index >= 15 is 0 Å². The summed E-state index contributed by atoms with van der Waals surface area (Å²) in [6, 6.07) is 0.740. The Labute approximate surface area is 198 Å². The molecule has 0 saturated heterocycles. The highest BCUT2D eigenvalue weighted by molar-refractivity contribution is 6.24. The first-order valence-corrected chi connectivity index (χ1v) is 10.1. The van der Waals surface area contributed by atoms with Crippen molar-refractivity contribution in [3.63, 3.8) is 0 Å². The molecule has 6 N–H and O–H groups in total. The van der Waals surface area contributed by atoms with Crippen molar-refractivity contribution in [3.8, 4) is 5.75 Å². The Morgan fingerprint density at radius 2 is 1.88 bits per heavy atom. The topological polar surface area (TPSA) is 165 Å². The second kappa shape index (κ2) is 7.32. The molecule has 1 amide bonds. The highest BCUT2D eigenvalue weighted by Crippen LogP contribution is 2.53. The number of hydrogen-bond donors (Lipinski definition) is 5. The van der Waals surface area contributed by atoms with Crippen LogP contribution in [0.3, 0.4) is 0 Å². The van der Waals surface area contributed by atoms with E-state index in [4.69, 9.17) is 14.0 Å². The van der Waals surface area contributed by atoms with Crippen molar-refractivity contribution in [2.75, 3.05) is 32.9 Å². The Balaban J connectivity index is 2.00. The average molecular weight is 464 g/mol. The lowest BCUT2D eigenvalue weighted by Crippen LogP contribution is -2.65. The number of nitrogens with zero attached hydrogens (tertiary/aromatic N) is 2. The molecule has 33 heavy (non-hydrogen) atoms. The molecule has 0 aromatic heterocycles. The number of aromatic hydroxyl groups is 1. The molecule has 10 nitrogen and oxygen atoms in total. The van der Waals surface area contributed by atoms with Crippen molar-refractivity contribution in [1.82, 2.24) is 4.90 Å². The highest BCUT2D eigenvalue weighted by atomic mass is 16.3. The van der Waals surface area contributed by atoms with Gasteiger partial charge in [0, 0.05) is 39.4 Å². The SMILES string of the molecule is [2H]C([2H])([2H])N(c1ccc(O)c2c1C[C@H]1C[C@H]3[C@H](N(C)C)C(=O)C(C(N)=O)=C(O)[C@@]3(O)C(=O)C1=C2O)C([2H])([2H])[2H]. The summed E-state index contributed by atoms with van der Waals surface area (Å²) in [5.74, 6) is -8.56. The van der Waals surface area contributed by atoms with Crippen LogP contribution in [0.2, 0.25) is 0 Å². The fourth-order valence-corrected chi connectivity index (χ4v) is 5.44. The van der Waals surface area contributed by atoms with Gasteiger partial charge in [-0.05, 0) is 50.6 Å². The number of nitrogens with two attached hydrogens (primary N) is 1. The second-order valence-electron chi connectivity index (χ2n) is 8.75. The second-order valence-corrected chi connectivity index (χ2v) is 8.75. The number of carbonyl (C=O) groups is 3. The third kappa shape index (κ3) is 2.90. The molecule has 176 valence electrons. The summed E-state index contributed by atoms with van der Waals surface area (Å²) in [6.45, 7) is -6.32. The molecule has 4 atom stereocenters. The molecule has 0 aliphatic heterocycles. The van der Waals surface area contributed by atoms with E-state index in [2.05, 4.69) is 0 Å². The van der Waals surface area contributed by atoms with E-state index in [-0.39, 0.29) is 29.0 Å². The van der Waals surface area contributed by atoms with Gasteiger partial charge in [-0.25, -0.2) is 0 Å². The van der Waals surface area contributed by atoms with Gasteiger partial charge >= 0.3 is 0 Å². The van der Waals surface area contributed by atoms with Gasteiger partial charge in [-0.15, -0.1) is 0 Å². The number of aliphatic hydroxyl groups excluding tert-OH is 2. The number of likely N-dealkylation sites (N-methyl/N-ethyl adjacent to an activating group) is 1. The first-order chi connectivity index (χ1) is 17.8. The van der Waals surface area contributed by atoms with Gasteiger partial charge in [0.1, 0.15) is 22.8 Å². The summed E-state index contributed by atoms with van der Waals surface area (Å²) < 4.78 is 46.8. The number of fused-ring (bicyclic) bond motifs is 3. The molecule has 0 bridgehead atoms. The van der Waals surface area contributed by atoms with Crippen molar-refractivity contribution in [2.24, 2.45) is 17.6 Å². The maximum atomic E-state index is 13.8. The number of carbonyl (C=O) groups excluding carboxylic acids is 3. The lowest BCUT2D eigenvalue weighted by molar-refractivity contribution is -0.153. The number of rotatable bonds is 3. The zero-order chi connectivity index (χ0) is 29.6. The van der Waals surface area contributed by atoms with Gasteiger partial charge in [0.2, 0.25) is 5.78 Å². The van der Waals surface area contributed by atoms with E-state index in [0.717, 1.165) is 12.1 Å². The van der Waals surface area contributed by atoms with Crippen LogP contribution in [0.25, 0.3) is 5.76 Å². The normalized spacial score (nSPS) is 32.5. The smallest absolute Gasteiger partial charge is 0.255 e. The number of aliphatic hydroxyl groups is 3. The summed E-state index contributed by atoms with van der Waals surface area (Å²) >= 11 is 0. The molecule has 0 unspecified atom stereocenters. The van der Waals surface area contributed by atoms with E-state index in [1.807, 2.05) is 0 Å². The van der Waals surface area contributed by atoms with Gasteiger partial charge in [0.25, 0.3) is 5.91 Å². The molecule has 0 radical (unpaired) electrons. The van der Waals surface area contributed by atoms with Crippen LogP contribution < -0.4 is 10.6 Å². The van der Waals surface area contributed by atoms with Crippen LogP contribution in [0.15, 0.2) is 29.0 Å². The van der Waals surface area contributed by atoms with Gasteiger partial charge < -0.3 is 31.1 Å². The molecule has 1 saturated carbocycles. The van der Waals surface area contributed by atoms with Crippen molar-refractivity contribution < 1.29 is 43.0 Å². The number of phenols is 1. The predicted octanol–water partition coefficient (Wildman–Crippen LogP) is 0.0300. The Kier molecular flexibility index (Phi) is 3.61. The van der Waals surface area contributed by atoms with Gasteiger partial charge in [-0.1, -0.05) is 0 Å². The number of Topliss-reactive ketones (excluding diaryl/α,β-unsaturated/α-hetero) is 2. The lowest BCUT2D eigenvalue weighted by Gasteiger charge is -2.50. The van der Waals surface area contributed by atoms with Gasteiger partial charge in [-0.2, -0.15) is 0 Å². The Bertz CT molecular complexity index is 1350. The number of benzene rings is 1. The summed E-state index contributed by atoms with van der Waals surface area (Å²) in [5, 5.41) is 44.3. The van der Waals surface area contributed by atoms with Crippen LogP contribution in [0.1, 0.15) is 25.8 Å². The Morgan fingerprint density at radius 1 is 1.21 bits per heavy atom. The Morgan fingerprint density at radius 3 is 2.45 bits per heavy atom. The first-order valence-electron chi connectivity index (χ1n) is 13.1. The molecule has 1 fully saturated rings. The fraction of sp³-hybridized carbons (Fsp3) is 0.435. The molecular formula is C23H27N3O7. The molecule has 3 aliphatic carbocycles. The van der Waals surface area contributed by atoms with Crippen molar-refractivity contribution in [1.29, 1.82) is 0 Å². The van der Waals surface area contributed by atoms with Crippen LogP contribution in [0, 0.1) is 11.8 Å². The van der Waals surface area contributed by atoms with E-state index in [1.165, 1.54) is 19.0 Å². The van der Waals surface area contributed by atoms with Crippen molar-refractivity contribution in [2.45, 2.75) is 24.5 Å². The van der Waals surface area contributed by atoms with Gasteiger partial charge in [0.05, 0.1) is 11.6 Å². The third-order valence-corrected chi connectivity index (χ3v) is 6.82. The molecule has 1 aromatic rings. The molecule has 4 rings (SSSR count). The molecular weight excluding hydrogens is 430 g/mol. The highest BCUT2D eigenvalue weighted by Gasteiger charge is 2.64. The number of phenolic OH excluding ortho intramolecular Hbond substituents is 1. The summed E-state index contributed by atoms with van der Waals surface area (Å²) in [7, 11) is 2.91.